The Morgan fingerprint density at radius 1 is 1.32 bits per heavy atom. The lowest BCUT2D eigenvalue weighted by atomic mass is 10.3. The maximum atomic E-state index is 12.6. The van der Waals surface area contributed by atoms with Gasteiger partial charge in [0.25, 0.3) is 11.2 Å². The number of aromatic nitrogens is 4. The Hall–Kier alpha value is -2.21. The molecule has 0 saturated heterocycles. The average molecular weight is 273 g/mol. The lowest BCUT2D eigenvalue weighted by Crippen LogP contribution is -2.37. The fourth-order valence-corrected chi connectivity index (χ4v) is 2.46. The van der Waals surface area contributed by atoms with Crippen LogP contribution in [0, 0.1) is 4.77 Å². The summed E-state index contributed by atoms with van der Waals surface area (Å²) < 4.78 is 3.76. The summed E-state index contributed by atoms with van der Waals surface area (Å²) >= 11 is 5.27. The van der Waals surface area contributed by atoms with E-state index >= 15 is 0 Å². The van der Waals surface area contributed by atoms with Crippen LogP contribution in [0.25, 0.3) is 16.9 Å². The Kier molecular flexibility index (Phi) is 2.79. The summed E-state index contributed by atoms with van der Waals surface area (Å²) in [6.07, 6.45) is 1.77. The van der Waals surface area contributed by atoms with Crippen molar-refractivity contribution in [2.75, 3.05) is 0 Å². The van der Waals surface area contributed by atoms with E-state index in [0.29, 0.717) is 22.5 Å². The molecule has 19 heavy (non-hydrogen) atoms. The van der Waals surface area contributed by atoms with Crippen LogP contribution in [0.1, 0.15) is 6.92 Å². The summed E-state index contributed by atoms with van der Waals surface area (Å²) in [5.74, 6) is 0. The summed E-state index contributed by atoms with van der Waals surface area (Å²) in [5, 5.41) is 0. The molecule has 0 aliphatic carbocycles. The molecule has 0 radical (unpaired) electrons. The molecule has 2 heterocycles. The molecular formula is C13H13N4OS+. The molecule has 6 heteroatoms. The summed E-state index contributed by atoms with van der Waals surface area (Å²) in [6.45, 7) is 2.70. The van der Waals surface area contributed by atoms with Gasteiger partial charge in [-0.25, -0.2) is 14.1 Å². The van der Waals surface area contributed by atoms with Gasteiger partial charge < -0.3 is 0 Å². The zero-order chi connectivity index (χ0) is 13.4. The zero-order valence-corrected chi connectivity index (χ0v) is 11.2. The first kappa shape index (κ1) is 11.9. The van der Waals surface area contributed by atoms with E-state index in [1.54, 1.807) is 6.33 Å². The Labute approximate surface area is 114 Å². The van der Waals surface area contributed by atoms with E-state index in [0.717, 1.165) is 5.69 Å². The first-order valence-corrected chi connectivity index (χ1v) is 6.44. The standard InChI is InChI=1S/C13H12N4OS/c1-2-16-8-14-11-10(16)12(18)17(13(19)15-11)9-6-4-3-5-7-9/h3-8H,2H2,1H3,(H,15,18,19)/p+1. The molecule has 0 aliphatic heterocycles. The summed E-state index contributed by atoms with van der Waals surface area (Å²) in [4.78, 5) is 18.7. The Morgan fingerprint density at radius 3 is 2.74 bits per heavy atom. The van der Waals surface area contributed by atoms with Crippen LogP contribution in [-0.2, 0) is 6.54 Å². The molecule has 3 aromatic rings. The molecule has 2 N–H and O–H groups in total. The fraction of sp³-hybridized carbons (Fsp3) is 0.154. The molecule has 0 atom stereocenters. The second-order valence-corrected chi connectivity index (χ2v) is 4.58. The number of aromatic amines is 2. The molecule has 0 bridgehead atoms. The molecule has 1 aromatic carbocycles. The Morgan fingerprint density at radius 2 is 2.05 bits per heavy atom. The van der Waals surface area contributed by atoms with Crippen LogP contribution in [-0.4, -0.2) is 14.5 Å². The van der Waals surface area contributed by atoms with Crippen molar-refractivity contribution in [3.8, 4) is 5.69 Å². The van der Waals surface area contributed by atoms with Crippen LogP contribution in [0.3, 0.4) is 0 Å². The number of nitrogens with zero attached hydrogens (tertiary/aromatic N) is 2. The minimum atomic E-state index is -0.118. The van der Waals surface area contributed by atoms with Crippen molar-refractivity contribution in [2.45, 2.75) is 13.5 Å². The molecule has 96 valence electrons. The monoisotopic (exact) mass is 273 g/mol. The van der Waals surface area contributed by atoms with Crippen molar-refractivity contribution >= 4 is 23.4 Å². The second-order valence-electron chi connectivity index (χ2n) is 4.19. The van der Waals surface area contributed by atoms with Crippen molar-refractivity contribution < 1.29 is 4.57 Å². The van der Waals surface area contributed by atoms with Gasteiger partial charge in [-0.1, -0.05) is 18.2 Å². The quantitative estimate of drug-likeness (QED) is 0.551. The first-order chi connectivity index (χ1) is 9.22. The van der Waals surface area contributed by atoms with E-state index in [9.17, 15) is 4.79 Å². The van der Waals surface area contributed by atoms with Gasteiger partial charge >= 0.3 is 5.56 Å². The van der Waals surface area contributed by atoms with Crippen LogP contribution in [0.5, 0.6) is 0 Å². The van der Waals surface area contributed by atoms with Gasteiger partial charge in [-0.15, -0.1) is 0 Å². The van der Waals surface area contributed by atoms with E-state index in [2.05, 4.69) is 9.97 Å². The number of imidazole rings is 1. The van der Waals surface area contributed by atoms with Gasteiger partial charge in [0.2, 0.25) is 6.33 Å². The van der Waals surface area contributed by atoms with Gasteiger partial charge in [0.1, 0.15) is 0 Å². The van der Waals surface area contributed by atoms with Gasteiger partial charge in [0.05, 0.1) is 12.2 Å². The highest BCUT2D eigenvalue weighted by molar-refractivity contribution is 7.71. The smallest absolute Gasteiger partial charge is 0.295 e. The van der Waals surface area contributed by atoms with Crippen molar-refractivity contribution in [3.63, 3.8) is 0 Å². The van der Waals surface area contributed by atoms with Crippen LogP contribution in [0.4, 0.5) is 0 Å². The minimum Gasteiger partial charge on any atom is -0.295 e. The highest BCUT2D eigenvalue weighted by Gasteiger charge is 2.17. The number of benzene rings is 1. The third-order valence-electron chi connectivity index (χ3n) is 3.08. The third-order valence-corrected chi connectivity index (χ3v) is 3.37. The molecule has 0 spiro atoms. The number of H-pyrrole nitrogens is 2. The van der Waals surface area contributed by atoms with E-state index in [1.807, 2.05) is 41.8 Å². The summed E-state index contributed by atoms with van der Waals surface area (Å²) in [5.41, 5.74) is 1.90. The van der Waals surface area contributed by atoms with Crippen LogP contribution in [0.15, 0.2) is 41.5 Å². The second kappa shape index (κ2) is 4.47. The lowest BCUT2D eigenvalue weighted by molar-refractivity contribution is -0.668. The molecule has 0 fully saturated rings. The molecule has 0 amide bonds. The maximum absolute atomic E-state index is 12.6. The number of nitrogens with one attached hydrogen (secondary N) is 2. The SMILES string of the molecule is CC[n+]1c[nH]c2[nH]c(=S)n(-c3ccccc3)c(=O)c21. The topological polar surface area (TPSA) is 57.5 Å². The van der Waals surface area contributed by atoms with Crippen LogP contribution >= 0.6 is 12.2 Å². The van der Waals surface area contributed by atoms with Gasteiger partial charge in [-0.05, 0) is 31.3 Å². The van der Waals surface area contributed by atoms with Crippen molar-refractivity contribution in [2.24, 2.45) is 0 Å². The van der Waals surface area contributed by atoms with Crippen LogP contribution in [0.2, 0.25) is 0 Å². The molecule has 2 aromatic heterocycles. The molecule has 0 unspecified atom stereocenters. The van der Waals surface area contributed by atoms with Gasteiger partial charge in [-0.2, -0.15) is 0 Å². The first-order valence-electron chi connectivity index (χ1n) is 6.03. The lowest BCUT2D eigenvalue weighted by Gasteiger charge is -2.04. The van der Waals surface area contributed by atoms with Crippen molar-refractivity contribution in [1.82, 2.24) is 14.5 Å². The molecule has 0 saturated carbocycles. The highest BCUT2D eigenvalue weighted by atomic mass is 32.1. The maximum Gasteiger partial charge on any atom is 0.310 e. The highest BCUT2D eigenvalue weighted by Crippen LogP contribution is 2.07. The predicted molar refractivity (Wildman–Crippen MR) is 74.9 cm³/mol. The Balaban J connectivity index is 2.44. The number of para-hydroxylation sites is 1. The van der Waals surface area contributed by atoms with E-state index in [4.69, 9.17) is 12.2 Å². The molecule has 5 nitrogen and oxygen atoms in total. The van der Waals surface area contributed by atoms with Gasteiger partial charge in [-0.3, -0.25) is 9.78 Å². The number of hydrogen-bond acceptors (Lipinski definition) is 2. The largest absolute Gasteiger partial charge is 0.310 e. The average Bonchev–Trinajstić information content (AvgIpc) is 2.83. The zero-order valence-electron chi connectivity index (χ0n) is 10.4. The fourth-order valence-electron chi connectivity index (χ4n) is 2.17. The van der Waals surface area contributed by atoms with Crippen LogP contribution < -0.4 is 10.1 Å². The van der Waals surface area contributed by atoms with Crippen molar-refractivity contribution in [1.29, 1.82) is 0 Å². The number of aryl methyl sites for hydroxylation is 1. The summed E-state index contributed by atoms with van der Waals surface area (Å²) in [6, 6.07) is 9.39. The molecular weight excluding hydrogens is 260 g/mol. The summed E-state index contributed by atoms with van der Waals surface area (Å²) in [7, 11) is 0. The van der Waals surface area contributed by atoms with E-state index < -0.39 is 0 Å². The minimum absolute atomic E-state index is 0.118. The third kappa shape index (κ3) is 1.80. The number of rotatable bonds is 2. The van der Waals surface area contributed by atoms with E-state index in [1.165, 1.54) is 4.57 Å². The molecule has 0 aliphatic rings. The normalized spacial score (nSPS) is 11.0. The number of hydrogen-bond donors (Lipinski definition) is 2. The van der Waals surface area contributed by atoms with Crippen molar-refractivity contribution in [3.05, 3.63) is 51.8 Å². The number of fused-ring (bicyclic) bond motifs is 1. The Bertz CT molecular complexity index is 844. The van der Waals surface area contributed by atoms with E-state index in [-0.39, 0.29) is 5.56 Å². The van der Waals surface area contributed by atoms with Gasteiger partial charge in [0, 0.05) is 0 Å². The predicted octanol–water partition coefficient (Wildman–Crippen LogP) is 1.68. The molecule has 3 rings (SSSR count). The van der Waals surface area contributed by atoms with Gasteiger partial charge in [0.15, 0.2) is 4.77 Å².